The summed E-state index contributed by atoms with van der Waals surface area (Å²) in [5.41, 5.74) is 1.07. The molecule has 0 saturated heterocycles. The molecule has 22 heavy (non-hydrogen) atoms. The fraction of sp³-hybridized carbons (Fsp3) is 0.0588. The molecular weight excluding hydrogens is 280 g/mol. The third kappa shape index (κ3) is 2.33. The highest BCUT2D eigenvalue weighted by Crippen LogP contribution is 2.25. The van der Waals surface area contributed by atoms with Crippen molar-refractivity contribution in [3.05, 3.63) is 77.8 Å². The van der Waals surface area contributed by atoms with Crippen molar-refractivity contribution in [3.63, 3.8) is 0 Å². The minimum absolute atomic E-state index is 0.0203. The Balaban J connectivity index is 2.06. The van der Waals surface area contributed by atoms with Gasteiger partial charge in [0.25, 0.3) is 5.71 Å². The molecule has 5 nitrogen and oxygen atoms in total. The molecule has 0 spiro atoms. The molecular formula is C17H14N2O3. The number of methoxy groups -OCH3 is 1. The van der Waals surface area contributed by atoms with E-state index in [1.807, 2.05) is 24.3 Å². The van der Waals surface area contributed by atoms with Gasteiger partial charge in [-0.3, -0.25) is 4.79 Å². The van der Waals surface area contributed by atoms with Gasteiger partial charge in [0.1, 0.15) is 0 Å². The smallest absolute Gasteiger partial charge is 0.331 e. The number of benzene rings is 2. The van der Waals surface area contributed by atoms with Crippen LogP contribution >= 0.6 is 0 Å². The molecule has 0 fully saturated rings. The highest BCUT2D eigenvalue weighted by molar-refractivity contribution is 6.49. The number of carbonyl (C=O) groups excluding carboxylic acids is 1. The van der Waals surface area contributed by atoms with Crippen LogP contribution in [0.15, 0.2) is 72.6 Å². The van der Waals surface area contributed by atoms with Crippen LogP contribution in [0.5, 0.6) is 0 Å². The molecule has 2 aromatic rings. The molecule has 0 unspecified atom stereocenters. The van der Waals surface area contributed by atoms with Crippen LogP contribution in [-0.2, 0) is 9.53 Å². The molecule has 0 radical (unpaired) electrons. The second-order valence-electron chi connectivity index (χ2n) is 4.68. The summed E-state index contributed by atoms with van der Waals surface area (Å²) < 4.78 is 5.86. The number of rotatable bonds is 3. The molecule has 0 bridgehead atoms. The fourth-order valence-corrected chi connectivity index (χ4v) is 2.28. The molecule has 0 aromatic heterocycles. The van der Waals surface area contributed by atoms with E-state index in [0.717, 1.165) is 0 Å². The average molecular weight is 294 g/mol. The minimum atomic E-state index is -0.415. The number of hydrogen-bond acceptors (Lipinski definition) is 3. The van der Waals surface area contributed by atoms with Crippen molar-refractivity contribution in [2.75, 3.05) is 12.0 Å². The molecule has 1 heterocycles. The van der Waals surface area contributed by atoms with Gasteiger partial charge in [-0.2, -0.15) is 4.74 Å². The summed E-state index contributed by atoms with van der Waals surface area (Å²) in [7, 11) is 1.47. The van der Waals surface area contributed by atoms with Gasteiger partial charge in [-0.15, -0.1) is 0 Å². The predicted molar refractivity (Wildman–Crippen MR) is 83.8 cm³/mol. The Hall–Kier alpha value is -3.08. The van der Waals surface area contributed by atoms with Crippen LogP contribution in [0.25, 0.3) is 0 Å². The van der Waals surface area contributed by atoms with Crippen molar-refractivity contribution < 1.29 is 14.3 Å². The molecule has 1 amide bonds. The SMILES string of the molecule is COC1=C/C(=[N+](/[O-])c2ccccc2)C(=O)N1c1ccccc1. The molecule has 110 valence electrons. The summed E-state index contributed by atoms with van der Waals surface area (Å²) in [6.45, 7) is 0. The van der Waals surface area contributed by atoms with Gasteiger partial charge >= 0.3 is 5.91 Å². The molecule has 3 rings (SSSR count). The Morgan fingerprint density at radius 1 is 1.00 bits per heavy atom. The highest BCUT2D eigenvalue weighted by Gasteiger charge is 2.37. The molecule has 0 atom stereocenters. The Labute approximate surface area is 128 Å². The van der Waals surface area contributed by atoms with Crippen LogP contribution in [0.3, 0.4) is 0 Å². The van der Waals surface area contributed by atoms with Crippen molar-refractivity contribution in [1.29, 1.82) is 0 Å². The first-order valence-electron chi connectivity index (χ1n) is 6.77. The van der Waals surface area contributed by atoms with Crippen LogP contribution in [0.1, 0.15) is 0 Å². The van der Waals surface area contributed by atoms with Gasteiger partial charge in [-0.25, -0.2) is 4.90 Å². The largest absolute Gasteiger partial charge is 0.618 e. The van der Waals surface area contributed by atoms with Gasteiger partial charge < -0.3 is 9.94 Å². The van der Waals surface area contributed by atoms with E-state index < -0.39 is 5.91 Å². The number of anilines is 1. The molecule has 5 heteroatoms. The van der Waals surface area contributed by atoms with Gasteiger partial charge in [0.15, 0.2) is 0 Å². The van der Waals surface area contributed by atoms with Gasteiger partial charge in [-0.05, 0) is 12.1 Å². The lowest BCUT2D eigenvalue weighted by molar-refractivity contribution is -0.358. The van der Waals surface area contributed by atoms with Crippen LogP contribution in [0.4, 0.5) is 11.4 Å². The molecule has 0 N–H and O–H groups in total. The molecule has 1 aliphatic heterocycles. The summed E-state index contributed by atoms with van der Waals surface area (Å²) in [5, 5.41) is 12.4. The third-order valence-electron chi connectivity index (χ3n) is 3.34. The Morgan fingerprint density at radius 3 is 2.18 bits per heavy atom. The summed E-state index contributed by atoms with van der Waals surface area (Å²) in [6, 6.07) is 17.7. The summed E-state index contributed by atoms with van der Waals surface area (Å²) in [6.07, 6.45) is 1.45. The van der Waals surface area contributed by atoms with Crippen molar-refractivity contribution in [1.82, 2.24) is 0 Å². The van der Waals surface area contributed by atoms with Crippen molar-refractivity contribution >= 4 is 23.0 Å². The maximum atomic E-state index is 12.6. The van der Waals surface area contributed by atoms with Crippen LogP contribution in [0, 0.1) is 5.21 Å². The zero-order chi connectivity index (χ0) is 15.5. The molecule has 2 aromatic carbocycles. The lowest BCUT2D eigenvalue weighted by Gasteiger charge is -2.17. The van der Waals surface area contributed by atoms with Gasteiger partial charge in [0.05, 0.1) is 18.9 Å². The summed E-state index contributed by atoms with van der Waals surface area (Å²) in [4.78, 5) is 14.0. The van der Waals surface area contributed by atoms with Crippen LogP contribution < -0.4 is 4.90 Å². The van der Waals surface area contributed by atoms with Gasteiger partial charge in [0.2, 0.25) is 11.6 Å². The van der Waals surface area contributed by atoms with Crippen molar-refractivity contribution in [3.8, 4) is 0 Å². The van der Waals surface area contributed by atoms with E-state index in [1.165, 1.54) is 18.1 Å². The first-order valence-corrected chi connectivity index (χ1v) is 6.77. The third-order valence-corrected chi connectivity index (χ3v) is 3.34. The second-order valence-corrected chi connectivity index (χ2v) is 4.68. The Kier molecular flexibility index (Phi) is 3.62. The lowest BCUT2D eigenvalue weighted by Crippen LogP contribution is -2.31. The van der Waals surface area contributed by atoms with Crippen LogP contribution in [0.2, 0.25) is 0 Å². The van der Waals surface area contributed by atoms with E-state index in [0.29, 0.717) is 22.0 Å². The molecule has 0 aliphatic carbocycles. The standard InChI is InChI=1S/C17H14N2O3/c1-22-16-12-15(19(21)14-10-6-3-7-11-14)17(20)18(16)13-8-4-2-5-9-13/h2-12H,1H3/b19-15-. The maximum Gasteiger partial charge on any atom is 0.331 e. The van der Waals surface area contributed by atoms with Gasteiger partial charge in [-0.1, -0.05) is 36.4 Å². The normalized spacial score (nSPS) is 16.5. The maximum absolute atomic E-state index is 12.6. The van der Waals surface area contributed by atoms with E-state index in [1.54, 1.807) is 36.4 Å². The topological polar surface area (TPSA) is 55.6 Å². The first-order chi connectivity index (χ1) is 10.7. The zero-order valence-corrected chi connectivity index (χ0v) is 12.0. The van der Waals surface area contributed by atoms with Crippen LogP contribution in [-0.4, -0.2) is 23.5 Å². The monoisotopic (exact) mass is 294 g/mol. The van der Waals surface area contributed by atoms with Gasteiger partial charge in [0, 0.05) is 12.1 Å². The highest BCUT2D eigenvalue weighted by atomic mass is 16.5. The van der Waals surface area contributed by atoms with Crippen molar-refractivity contribution in [2.24, 2.45) is 0 Å². The van der Waals surface area contributed by atoms with E-state index in [2.05, 4.69) is 0 Å². The zero-order valence-electron chi connectivity index (χ0n) is 12.0. The summed E-state index contributed by atoms with van der Waals surface area (Å²) in [5.74, 6) is -0.0927. The fourth-order valence-electron chi connectivity index (χ4n) is 2.28. The van der Waals surface area contributed by atoms with E-state index in [-0.39, 0.29) is 5.71 Å². The summed E-state index contributed by atoms with van der Waals surface area (Å²) >= 11 is 0. The number of amides is 1. The average Bonchev–Trinajstić information content (AvgIpc) is 2.92. The second kappa shape index (κ2) is 5.73. The number of nitrogens with zero attached hydrogens (tertiary/aromatic N) is 2. The number of para-hydroxylation sites is 2. The quantitative estimate of drug-likeness (QED) is 0.497. The minimum Gasteiger partial charge on any atom is -0.618 e. The van der Waals surface area contributed by atoms with E-state index in [9.17, 15) is 10.0 Å². The van der Waals surface area contributed by atoms with E-state index >= 15 is 0 Å². The van der Waals surface area contributed by atoms with E-state index in [4.69, 9.17) is 4.74 Å². The lowest BCUT2D eigenvalue weighted by atomic mass is 10.3. The first kappa shape index (κ1) is 13.9. The predicted octanol–water partition coefficient (Wildman–Crippen LogP) is 2.80. The number of ether oxygens (including phenoxy) is 1. The molecule has 0 saturated carbocycles. The molecule has 1 aliphatic rings. The number of carbonyl (C=O) groups is 1. The number of hydrogen-bond donors (Lipinski definition) is 0. The van der Waals surface area contributed by atoms with Crippen molar-refractivity contribution in [2.45, 2.75) is 0 Å². The Morgan fingerprint density at radius 2 is 1.59 bits per heavy atom. The Bertz CT molecular complexity index is 752.